The van der Waals surface area contributed by atoms with Crippen molar-refractivity contribution in [3.8, 4) is 10.7 Å². The van der Waals surface area contributed by atoms with Crippen LogP contribution in [0.5, 0.6) is 0 Å². The third-order valence-corrected chi connectivity index (χ3v) is 3.94. The second-order valence-corrected chi connectivity index (χ2v) is 5.89. The van der Waals surface area contributed by atoms with Gasteiger partial charge in [0.25, 0.3) is 0 Å². The number of hydrogen-bond donors (Lipinski definition) is 1. The summed E-state index contributed by atoms with van der Waals surface area (Å²) in [6.45, 7) is 2.25. The topological polar surface area (TPSA) is 79.5 Å². The summed E-state index contributed by atoms with van der Waals surface area (Å²) >= 11 is 1.54. The van der Waals surface area contributed by atoms with E-state index in [0.29, 0.717) is 37.5 Å². The molecule has 0 saturated heterocycles. The Bertz CT molecular complexity index is 566. The van der Waals surface area contributed by atoms with E-state index in [9.17, 15) is 9.90 Å². The largest absolute Gasteiger partial charge is 0.393 e. The number of rotatable bonds is 7. The lowest BCUT2D eigenvalue weighted by Crippen LogP contribution is -2.29. The van der Waals surface area contributed by atoms with Gasteiger partial charge in [0.05, 0.1) is 11.0 Å². The zero-order chi connectivity index (χ0) is 15.2. The summed E-state index contributed by atoms with van der Waals surface area (Å²) in [7, 11) is 1.73. The minimum absolute atomic E-state index is 0.00604. The van der Waals surface area contributed by atoms with Gasteiger partial charge in [-0.15, -0.1) is 11.3 Å². The van der Waals surface area contributed by atoms with Crippen LogP contribution in [0.2, 0.25) is 0 Å². The van der Waals surface area contributed by atoms with Crippen molar-refractivity contribution >= 4 is 17.2 Å². The van der Waals surface area contributed by atoms with Crippen LogP contribution >= 0.6 is 11.3 Å². The van der Waals surface area contributed by atoms with E-state index in [1.165, 1.54) is 0 Å². The minimum Gasteiger partial charge on any atom is -0.393 e. The van der Waals surface area contributed by atoms with E-state index in [1.54, 1.807) is 30.2 Å². The van der Waals surface area contributed by atoms with Crippen LogP contribution in [-0.4, -0.2) is 45.8 Å². The van der Waals surface area contributed by atoms with Crippen molar-refractivity contribution < 1.29 is 14.4 Å². The number of aliphatic hydroxyl groups is 1. The summed E-state index contributed by atoms with van der Waals surface area (Å²) in [4.78, 5) is 18.8. The molecule has 21 heavy (non-hydrogen) atoms. The zero-order valence-corrected chi connectivity index (χ0v) is 13.0. The fourth-order valence-electron chi connectivity index (χ4n) is 1.77. The lowest BCUT2D eigenvalue weighted by atomic mass is 10.2. The standard InChI is InChI=1S/C14H19N3O3S/c1-10(18)7-8-17(2)13(19)6-5-12-15-14(16-20-12)11-4-3-9-21-11/h3-4,9-10,18H,5-8H2,1-2H3. The molecule has 0 spiro atoms. The fraction of sp³-hybridized carbons (Fsp3) is 0.500. The molecule has 1 unspecified atom stereocenters. The van der Waals surface area contributed by atoms with Gasteiger partial charge in [0, 0.05) is 26.4 Å². The predicted octanol–water partition coefficient (Wildman–Crippen LogP) is 1.96. The first-order valence-electron chi connectivity index (χ1n) is 6.84. The Balaban J connectivity index is 1.81. The van der Waals surface area contributed by atoms with Gasteiger partial charge in [0.2, 0.25) is 17.6 Å². The van der Waals surface area contributed by atoms with Gasteiger partial charge in [-0.25, -0.2) is 0 Å². The Labute approximate surface area is 127 Å². The maximum atomic E-state index is 11.9. The second-order valence-electron chi connectivity index (χ2n) is 4.94. The molecule has 2 aromatic rings. The maximum Gasteiger partial charge on any atom is 0.227 e. The molecular weight excluding hydrogens is 290 g/mol. The number of aliphatic hydroxyl groups excluding tert-OH is 1. The third kappa shape index (κ3) is 4.64. The first-order valence-corrected chi connectivity index (χ1v) is 7.72. The van der Waals surface area contributed by atoms with Crippen molar-refractivity contribution in [2.45, 2.75) is 32.3 Å². The van der Waals surface area contributed by atoms with Crippen LogP contribution in [0, 0.1) is 0 Å². The van der Waals surface area contributed by atoms with Gasteiger partial charge in [0.15, 0.2) is 0 Å². The Morgan fingerprint density at radius 1 is 1.57 bits per heavy atom. The van der Waals surface area contributed by atoms with Gasteiger partial charge in [-0.1, -0.05) is 11.2 Å². The summed E-state index contributed by atoms with van der Waals surface area (Å²) in [5, 5.41) is 15.1. The average Bonchev–Trinajstić information content (AvgIpc) is 3.12. The van der Waals surface area contributed by atoms with Gasteiger partial charge < -0.3 is 14.5 Å². The molecule has 0 bridgehead atoms. The minimum atomic E-state index is -0.399. The number of carbonyl (C=O) groups excluding carboxylic acids is 1. The number of thiophene rings is 1. The maximum absolute atomic E-state index is 11.9. The molecule has 7 heteroatoms. The molecule has 0 saturated carbocycles. The number of aryl methyl sites for hydroxylation is 1. The monoisotopic (exact) mass is 309 g/mol. The lowest BCUT2D eigenvalue weighted by molar-refractivity contribution is -0.130. The molecule has 2 rings (SSSR count). The molecule has 2 heterocycles. The Hall–Kier alpha value is -1.73. The van der Waals surface area contributed by atoms with E-state index in [0.717, 1.165) is 4.88 Å². The smallest absolute Gasteiger partial charge is 0.227 e. The van der Waals surface area contributed by atoms with Crippen LogP contribution < -0.4 is 0 Å². The first kappa shape index (κ1) is 15.7. The van der Waals surface area contributed by atoms with E-state index in [-0.39, 0.29) is 5.91 Å². The predicted molar refractivity (Wildman–Crippen MR) is 79.9 cm³/mol. The van der Waals surface area contributed by atoms with Gasteiger partial charge in [-0.05, 0) is 24.8 Å². The molecule has 6 nitrogen and oxygen atoms in total. The normalized spacial score (nSPS) is 12.3. The van der Waals surface area contributed by atoms with Crippen LogP contribution in [0.1, 0.15) is 25.7 Å². The van der Waals surface area contributed by atoms with Crippen molar-refractivity contribution in [2.75, 3.05) is 13.6 Å². The first-order chi connectivity index (χ1) is 10.1. The number of hydrogen-bond acceptors (Lipinski definition) is 6. The second kappa shape index (κ2) is 7.33. The molecule has 114 valence electrons. The summed E-state index contributed by atoms with van der Waals surface area (Å²) in [6.07, 6.45) is 0.925. The van der Waals surface area contributed by atoms with Gasteiger partial charge in [-0.2, -0.15) is 4.98 Å². The van der Waals surface area contributed by atoms with Crippen LogP contribution in [0.15, 0.2) is 22.0 Å². The number of aromatic nitrogens is 2. The van der Waals surface area contributed by atoms with E-state index < -0.39 is 6.10 Å². The van der Waals surface area contributed by atoms with Crippen molar-refractivity contribution in [3.05, 3.63) is 23.4 Å². The highest BCUT2D eigenvalue weighted by atomic mass is 32.1. The Morgan fingerprint density at radius 3 is 3.05 bits per heavy atom. The van der Waals surface area contributed by atoms with Crippen LogP contribution in [0.4, 0.5) is 0 Å². The summed E-state index contributed by atoms with van der Waals surface area (Å²) < 4.78 is 5.15. The summed E-state index contributed by atoms with van der Waals surface area (Å²) in [6, 6.07) is 3.85. The van der Waals surface area contributed by atoms with Crippen molar-refractivity contribution in [1.29, 1.82) is 0 Å². The zero-order valence-electron chi connectivity index (χ0n) is 12.2. The number of carbonyl (C=O) groups is 1. The van der Waals surface area contributed by atoms with Crippen LogP contribution in [-0.2, 0) is 11.2 Å². The molecule has 1 atom stereocenters. The van der Waals surface area contributed by atoms with Crippen LogP contribution in [0.25, 0.3) is 10.7 Å². The molecular formula is C14H19N3O3S. The SMILES string of the molecule is CC(O)CCN(C)C(=O)CCc1nc(-c2cccs2)no1. The highest BCUT2D eigenvalue weighted by Crippen LogP contribution is 2.21. The van der Waals surface area contributed by atoms with Gasteiger partial charge >= 0.3 is 0 Å². The Morgan fingerprint density at radius 2 is 2.38 bits per heavy atom. The number of amides is 1. The third-order valence-electron chi connectivity index (χ3n) is 3.07. The van der Waals surface area contributed by atoms with Gasteiger partial charge in [0.1, 0.15) is 0 Å². The van der Waals surface area contributed by atoms with Crippen molar-refractivity contribution in [2.24, 2.45) is 0 Å². The molecule has 0 aliphatic rings. The summed E-state index contributed by atoms with van der Waals surface area (Å²) in [5.74, 6) is 1.04. The molecule has 2 aromatic heterocycles. The van der Waals surface area contributed by atoms with Crippen molar-refractivity contribution in [1.82, 2.24) is 15.0 Å². The molecule has 0 aliphatic heterocycles. The highest BCUT2D eigenvalue weighted by Gasteiger charge is 2.14. The van der Waals surface area contributed by atoms with E-state index in [1.807, 2.05) is 17.5 Å². The van der Waals surface area contributed by atoms with E-state index in [4.69, 9.17) is 4.52 Å². The molecule has 1 amide bonds. The lowest BCUT2D eigenvalue weighted by Gasteiger charge is -2.17. The highest BCUT2D eigenvalue weighted by molar-refractivity contribution is 7.13. The molecule has 1 N–H and O–H groups in total. The number of nitrogens with zero attached hydrogens (tertiary/aromatic N) is 3. The van der Waals surface area contributed by atoms with E-state index >= 15 is 0 Å². The quantitative estimate of drug-likeness (QED) is 0.845. The molecule has 0 aromatic carbocycles. The molecule has 0 fully saturated rings. The van der Waals surface area contributed by atoms with E-state index in [2.05, 4.69) is 10.1 Å². The summed E-state index contributed by atoms with van der Waals surface area (Å²) in [5.41, 5.74) is 0. The van der Waals surface area contributed by atoms with Gasteiger partial charge in [-0.3, -0.25) is 4.79 Å². The van der Waals surface area contributed by atoms with Crippen molar-refractivity contribution in [3.63, 3.8) is 0 Å². The Kier molecular flexibility index (Phi) is 5.46. The van der Waals surface area contributed by atoms with Crippen LogP contribution in [0.3, 0.4) is 0 Å². The molecule has 0 radical (unpaired) electrons. The fourth-order valence-corrected chi connectivity index (χ4v) is 2.42. The molecule has 0 aliphatic carbocycles. The average molecular weight is 309 g/mol.